The molecule has 1 aliphatic rings. The minimum absolute atomic E-state index is 0.00912. The van der Waals surface area contributed by atoms with Crippen molar-refractivity contribution in [3.8, 4) is 0 Å². The summed E-state index contributed by atoms with van der Waals surface area (Å²) in [6.45, 7) is 4.55. The SMILES string of the molecule is CCCCC(NC(=O)CCC(=O)N1CCN(c2ccccn2)CC1)C(=O)O. The van der Waals surface area contributed by atoms with Crippen molar-refractivity contribution in [2.75, 3.05) is 31.1 Å². The van der Waals surface area contributed by atoms with Crippen LogP contribution in [-0.2, 0) is 14.4 Å². The molecule has 2 rings (SSSR count). The normalized spacial score (nSPS) is 15.3. The predicted octanol–water partition coefficient (Wildman–Crippen LogP) is 1.27. The maximum absolute atomic E-state index is 12.3. The number of carbonyl (C=O) groups excluding carboxylic acids is 2. The lowest BCUT2D eigenvalue weighted by atomic mass is 10.1. The molecule has 1 atom stereocenters. The topological polar surface area (TPSA) is 103 Å². The van der Waals surface area contributed by atoms with Crippen molar-refractivity contribution in [1.29, 1.82) is 0 Å². The second kappa shape index (κ2) is 10.5. The molecule has 0 spiro atoms. The van der Waals surface area contributed by atoms with Crippen LogP contribution < -0.4 is 10.2 Å². The van der Waals surface area contributed by atoms with Gasteiger partial charge in [-0.15, -0.1) is 0 Å². The number of piperazine rings is 1. The molecule has 0 saturated carbocycles. The zero-order chi connectivity index (χ0) is 19.6. The van der Waals surface area contributed by atoms with Crippen LogP contribution >= 0.6 is 0 Å². The lowest BCUT2D eigenvalue weighted by molar-refractivity contribution is -0.142. The molecule has 1 unspecified atom stereocenters. The van der Waals surface area contributed by atoms with E-state index in [1.54, 1.807) is 11.1 Å². The Morgan fingerprint density at radius 1 is 1.19 bits per heavy atom. The number of rotatable bonds is 9. The summed E-state index contributed by atoms with van der Waals surface area (Å²) in [5.74, 6) is -0.602. The van der Waals surface area contributed by atoms with E-state index < -0.39 is 12.0 Å². The number of pyridine rings is 1. The Morgan fingerprint density at radius 3 is 2.52 bits per heavy atom. The van der Waals surface area contributed by atoms with Crippen LogP contribution in [0.5, 0.6) is 0 Å². The van der Waals surface area contributed by atoms with Gasteiger partial charge in [0.2, 0.25) is 11.8 Å². The quantitative estimate of drug-likeness (QED) is 0.673. The average molecular weight is 376 g/mol. The number of aliphatic carboxylic acids is 1. The van der Waals surface area contributed by atoms with E-state index in [1.807, 2.05) is 25.1 Å². The van der Waals surface area contributed by atoms with Gasteiger partial charge in [-0.1, -0.05) is 25.8 Å². The number of nitrogens with one attached hydrogen (secondary N) is 1. The molecule has 8 heteroatoms. The summed E-state index contributed by atoms with van der Waals surface area (Å²) in [7, 11) is 0. The van der Waals surface area contributed by atoms with Crippen LogP contribution in [0.25, 0.3) is 0 Å². The van der Waals surface area contributed by atoms with Gasteiger partial charge in [0.15, 0.2) is 0 Å². The fraction of sp³-hybridized carbons (Fsp3) is 0.579. The maximum Gasteiger partial charge on any atom is 0.326 e. The zero-order valence-corrected chi connectivity index (χ0v) is 15.8. The molecular weight excluding hydrogens is 348 g/mol. The summed E-state index contributed by atoms with van der Waals surface area (Å²) in [5.41, 5.74) is 0. The van der Waals surface area contributed by atoms with E-state index in [0.717, 1.165) is 18.7 Å². The second-order valence-electron chi connectivity index (χ2n) is 6.66. The van der Waals surface area contributed by atoms with Crippen LogP contribution in [0.3, 0.4) is 0 Å². The van der Waals surface area contributed by atoms with Crippen molar-refractivity contribution >= 4 is 23.6 Å². The molecular formula is C19H28N4O4. The van der Waals surface area contributed by atoms with E-state index >= 15 is 0 Å². The average Bonchev–Trinajstić information content (AvgIpc) is 2.69. The first kappa shape index (κ1) is 20.7. The third kappa shape index (κ3) is 6.54. The Balaban J connectivity index is 1.72. The molecule has 2 N–H and O–H groups in total. The zero-order valence-electron chi connectivity index (χ0n) is 15.8. The number of unbranched alkanes of at least 4 members (excludes halogenated alkanes) is 1. The highest BCUT2D eigenvalue weighted by Crippen LogP contribution is 2.13. The molecule has 2 amide bonds. The molecule has 148 valence electrons. The number of carboxylic acid groups (broad SMARTS) is 1. The Kier molecular flexibility index (Phi) is 8.03. The van der Waals surface area contributed by atoms with Gasteiger partial charge in [0, 0.05) is 45.2 Å². The first-order chi connectivity index (χ1) is 13.0. The highest BCUT2D eigenvalue weighted by Gasteiger charge is 2.23. The molecule has 1 fully saturated rings. The number of nitrogens with zero attached hydrogens (tertiary/aromatic N) is 3. The van der Waals surface area contributed by atoms with E-state index in [-0.39, 0.29) is 24.7 Å². The van der Waals surface area contributed by atoms with Gasteiger partial charge in [0.25, 0.3) is 0 Å². The van der Waals surface area contributed by atoms with Gasteiger partial charge in [-0.25, -0.2) is 9.78 Å². The summed E-state index contributed by atoms with van der Waals surface area (Å²) in [6.07, 6.45) is 3.85. The van der Waals surface area contributed by atoms with Gasteiger partial charge in [0.1, 0.15) is 11.9 Å². The maximum atomic E-state index is 12.3. The number of hydrogen-bond acceptors (Lipinski definition) is 5. The minimum Gasteiger partial charge on any atom is -0.480 e. The predicted molar refractivity (Wildman–Crippen MR) is 101 cm³/mol. The van der Waals surface area contributed by atoms with Crippen LogP contribution in [0.15, 0.2) is 24.4 Å². The Morgan fingerprint density at radius 2 is 1.93 bits per heavy atom. The Labute approximate surface area is 159 Å². The molecule has 0 aliphatic carbocycles. The second-order valence-corrected chi connectivity index (χ2v) is 6.66. The number of hydrogen-bond donors (Lipinski definition) is 2. The van der Waals surface area contributed by atoms with Gasteiger partial charge in [-0.3, -0.25) is 9.59 Å². The number of amides is 2. The smallest absolute Gasteiger partial charge is 0.326 e. The molecule has 0 bridgehead atoms. The van der Waals surface area contributed by atoms with Crippen molar-refractivity contribution in [2.24, 2.45) is 0 Å². The third-order valence-electron chi connectivity index (χ3n) is 4.65. The standard InChI is InChI=1S/C19H28N4O4/c1-2-3-6-15(19(26)27)21-17(24)8-9-18(25)23-13-11-22(12-14-23)16-7-4-5-10-20-16/h4-5,7,10,15H,2-3,6,8-9,11-14H2,1H3,(H,21,24)(H,26,27). The van der Waals surface area contributed by atoms with E-state index in [9.17, 15) is 14.4 Å². The van der Waals surface area contributed by atoms with Crippen molar-refractivity contribution in [3.05, 3.63) is 24.4 Å². The molecule has 0 radical (unpaired) electrons. The molecule has 1 aliphatic heterocycles. The number of aromatic nitrogens is 1. The molecule has 1 aromatic rings. The monoisotopic (exact) mass is 376 g/mol. The Bertz CT molecular complexity index is 630. The first-order valence-corrected chi connectivity index (χ1v) is 9.47. The van der Waals surface area contributed by atoms with Crippen molar-refractivity contribution in [1.82, 2.24) is 15.2 Å². The Hall–Kier alpha value is -2.64. The van der Waals surface area contributed by atoms with Gasteiger partial charge in [-0.05, 0) is 18.6 Å². The summed E-state index contributed by atoms with van der Waals surface area (Å²) >= 11 is 0. The summed E-state index contributed by atoms with van der Waals surface area (Å²) in [4.78, 5) is 43.7. The molecule has 1 aromatic heterocycles. The molecule has 27 heavy (non-hydrogen) atoms. The van der Waals surface area contributed by atoms with Gasteiger partial charge in [-0.2, -0.15) is 0 Å². The molecule has 0 aromatic carbocycles. The molecule has 8 nitrogen and oxygen atoms in total. The summed E-state index contributed by atoms with van der Waals surface area (Å²) in [6, 6.07) is 4.86. The van der Waals surface area contributed by atoms with Gasteiger partial charge < -0.3 is 20.2 Å². The van der Waals surface area contributed by atoms with Crippen molar-refractivity contribution < 1.29 is 19.5 Å². The van der Waals surface area contributed by atoms with Gasteiger partial charge in [0.05, 0.1) is 0 Å². The highest BCUT2D eigenvalue weighted by molar-refractivity contribution is 5.87. The van der Waals surface area contributed by atoms with E-state index in [0.29, 0.717) is 32.6 Å². The number of carbonyl (C=O) groups is 3. The van der Waals surface area contributed by atoms with Crippen LogP contribution in [0, 0.1) is 0 Å². The van der Waals surface area contributed by atoms with E-state index in [2.05, 4.69) is 15.2 Å². The number of carboxylic acids is 1. The van der Waals surface area contributed by atoms with Crippen molar-refractivity contribution in [2.45, 2.75) is 45.1 Å². The van der Waals surface area contributed by atoms with Crippen LogP contribution in [0.2, 0.25) is 0 Å². The fourth-order valence-electron chi connectivity index (χ4n) is 3.04. The van der Waals surface area contributed by atoms with Crippen LogP contribution in [0.4, 0.5) is 5.82 Å². The van der Waals surface area contributed by atoms with E-state index in [4.69, 9.17) is 5.11 Å². The van der Waals surface area contributed by atoms with Gasteiger partial charge >= 0.3 is 5.97 Å². The largest absolute Gasteiger partial charge is 0.480 e. The third-order valence-corrected chi connectivity index (χ3v) is 4.65. The fourth-order valence-corrected chi connectivity index (χ4v) is 3.04. The molecule has 1 saturated heterocycles. The van der Waals surface area contributed by atoms with Crippen LogP contribution in [-0.4, -0.2) is 65.0 Å². The lowest BCUT2D eigenvalue weighted by Crippen LogP contribution is -2.49. The first-order valence-electron chi connectivity index (χ1n) is 9.47. The van der Waals surface area contributed by atoms with Crippen LogP contribution in [0.1, 0.15) is 39.0 Å². The van der Waals surface area contributed by atoms with E-state index in [1.165, 1.54) is 0 Å². The summed E-state index contributed by atoms with van der Waals surface area (Å²) in [5, 5.41) is 11.7. The van der Waals surface area contributed by atoms with Crippen molar-refractivity contribution in [3.63, 3.8) is 0 Å². The highest BCUT2D eigenvalue weighted by atomic mass is 16.4. The minimum atomic E-state index is -1.03. The molecule has 2 heterocycles. The summed E-state index contributed by atoms with van der Waals surface area (Å²) < 4.78 is 0. The lowest BCUT2D eigenvalue weighted by Gasteiger charge is -2.35. The number of anilines is 1.